The maximum atomic E-state index is 11.6. The fourth-order valence-corrected chi connectivity index (χ4v) is 1.69. The molecule has 2 N–H and O–H groups in total. The first kappa shape index (κ1) is 12.1. The van der Waals surface area contributed by atoms with Crippen molar-refractivity contribution in [3.63, 3.8) is 0 Å². The van der Waals surface area contributed by atoms with Crippen molar-refractivity contribution in [2.45, 2.75) is 13.8 Å². The quantitative estimate of drug-likeness (QED) is 0.803. The van der Waals surface area contributed by atoms with E-state index in [2.05, 4.69) is 20.6 Å². The number of aryl methyl sites for hydroxylation is 2. The van der Waals surface area contributed by atoms with Crippen LogP contribution in [0.15, 0.2) is 18.5 Å². The summed E-state index contributed by atoms with van der Waals surface area (Å²) in [7, 11) is 1.88. The molecule has 0 aliphatic carbocycles. The summed E-state index contributed by atoms with van der Waals surface area (Å²) in [6.07, 6.45) is 6.43. The number of aromatic amines is 1. The van der Waals surface area contributed by atoms with Gasteiger partial charge in [-0.1, -0.05) is 0 Å². The molecule has 0 saturated carbocycles. The van der Waals surface area contributed by atoms with Crippen molar-refractivity contribution < 1.29 is 4.79 Å². The zero-order valence-electron chi connectivity index (χ0n) is 10.6. The Kier molecular flexibility index (Phi) is 3.27. The highest BCUT2D eigenvalue weighted by atomic mass is 16.1. The molecule has 2 aromatic rings. The van der Waals surface area contributed by atoms with Crippen molar-refractivity contribution in [3.05, 3.63) is 35.4 Å². The molecule has 0 unspecified atom stereocenters. The molecule has 0 aliphatic rings. The van der Waals surface area contributed by atoms with Gasteiger partial charge in [-0.25, -0.2) is 0 Å². The second-order valence-corrected chi connectivity index (χ2v) is 4.02. The number of hydrogen-bond donors (Lipinski definition) is 2. The minimum atomic E-state index is -0.195. The number of nitrogens with zero attached hydrogens (tertiary/aromatic N) is 3. The van der Waals surface area contributed by atoms with Crippen molar-refractivity contribution in [3.8, 4) is 0 Å². The number of nitrogens with one attached hydrogen (secondary N) is 2. The Balaban J connectivity index is 2.09. The van der Waals surface area contributed by atoms with Crippen LogP contribution in [-0.2, 0) is 11.8 Å². The molecule has 0 saturated heterocycles. The number of carbonyl (C=O) groups excluding carboxylic acids is 1. The lowest BCUT2D eigenvalue weighted by atomic mass is 10.2. The summed E-state index contributed by atoms with van der Waals surface area (Å²) in [5, 5.41) is 13.4. The van der Waals surface area contributed by atoms with E-state index in [9.17, 15) is 4.79 Å². The molecule has 2 heterocycles. The first-order valence-corrected chi connectivity index (χ1v) is 5.56. The molecule has 0 bridgehead atoms. The third-order valence-electron chi connectivity index (χ3n) is 2.73. The van der Waals surface area contributed by atoms with Crippen LogP contribution < -0.4 is 5.32 Å². The summed E-state index contributed by atoms with van der Waals surface area (Å²) in [6, 6.07) is 0. The molecule has 0 fully saturated rings. The molecule has 94 valence electrons. The molecule has 0 aromatic carbocycles. The molecule has 6 nitrogen and oxygen atoms in total. The Morgan fingerprint density at radius 1 is 1.50 bits per heavy atom. The normalized spacial score (nSPS) is 11.1. The van der Waals surface area contributed by atoms with Crippen LogP contribution in [0.1, 0.15) is 17.0 Å². The molecule has 0 atom stereocenters. The number of aromatic nitrogens is 4. The van der Waals surface area contributed by atoms with E-state index in [1.54, 1.807) is 23.2 Å². The minimum Gasteiger partial charge on any atom is -0.320 e. The predicted octanol–water partition coefficient (Wildman–Crippen LogP) is 1.41. The molecule has 0 aliphatic heterocycles. The van der Waals surface area contributed by atoms with E-state index in [4.69, 9.17) is 0 Å². The molecule has 6 heteroatoms. The van der Waals surface area contributed by atoms with Gasteiger partial charge < -0.3 is 5.32 Å². The van der Waals surface area contributed by atoms with E-state index < -0.39 is 0 Å². The van der Waals surface area contributed by atoms with E-state index in [1.165, 1.54) is 6.08 Å². The molecule has 0 spiro atoms. The van der Waals surface area contributed by atoms with Gasteiger partial charge in [0.25, 0.3) is 0 Å². The molecule has 18 heavy (non-hydrogen) atoms. The van der Waals surface area contributed by atoms with E-state index in [0.717, 1.165) is 17.0 Å². The van der Waals surface area contributed by atoms with Gasteiger partial charge in [0.15, 0.2) is 0 Å². The zero-order chi connectivity index (χ0) is 13.1. The van der Waals surface area contributed by atoms with Crippen molar-refractivity contribution in [2.24, 2.45) is 7.05 Å². The molecular formula is C12H15N5O. The summed E-state index contributed by atoms with van der Waals surface area (Å²) in [5.41, 5.74) is 3.55. The minimum absolute atomic E-state index is 0.195. The zero-order valence-corrected chi connectivity index (χ0v) is 10.6. The molecule has 0 radical (unpaired) electrons. The van der Waals surface area contributed by atoms with Crippen LogP contribution in [0.25, 0.3) is 6.08 Å². The van der Waals surface area contributed by atoms with Gasteiger partial charge in [0.1, 0.15) is 0 Å². The summed E-state index contributed by atoms with van der Waals surface area (Å²) in [6.45, 7) is 3.88. The summed E-state index contributed by atoms with van der Waals surface area (Å²) >= 11 is 0. The molecule has 2 aromatic heterocycles. The largest absolute Gasteiger partial charge is 0.320 e. The van der Waals surface area contributed by atoms with Gasteiger partial charge in [-0.2, -0.15) is 10.2 Å². The second-order valence-electron chi connectivity index (χ2n) is 4.02. The average molecular weight is 245 g/mol. The molecular weight excluding hydrogens is 230 g/mol. The number of H-pyrrole nitrogens is 1. The Bertz CT molecular complexity index is 580. The number of hydrogen-bond acceptors (Lipinski definition) is 3. The SMILES string of the molecule is Cc1nn(C)c(C)c1/C=C/C(=O)Nc1cn[nH]c1. The summed E-state index contributed by atoms with van der Waals surface area (Å²) in [5.74, 6) is -0.195. The Hall–Kier alpha value is -2.37. The van der Waals surface area contributed by atoms with E-state index in [1.807, 2.05) is 20.9 Å². The third kappa shape index (κ3) is 2.48. The van der Waals surface area contributed by atoms with Gasteiger partial charge in [0, 0.05) is 30.6 Å². The van der Waals surface area contributed by atoms with Gasteiger partial charge >= 0.3 is 0 Å². The van der Waals surface area contributed by atoms with Crippen LogP contribution in [0.2, 0.25) is 0 Å². The van der Waals surface area contributed by atoms with Gasteiger partial charge in [-0.15, -0.1) is 0 Å². The highest BCUT2D eigenvalue weighted by Gasteiger charge is 2.06. The molecule has 2 rings (SSSR count). The van der Waals surface area contributed by atoms with E-state index in [0.29, 0.717) is 5.69 Å². The van der Waals surface area contributed by atoms with Crippen LogP contribution in [-0.4, -0.2) is 25.9 Å². The molecule has 1 amide bonds. The number of amides is 1. The maximum absolute atomic E-state index is 11.6. The first-order valence-electron chi connectivity index (χ1n) is 5.56. The number of carbonyl (C=O) groups is 1. The smallest absolute Gasteiger partial charge is 0.248 e. The van der Waals surface area contributed by atoms with Crippen LogP contribution in [0.4, 0.5) is 5.69 Å². The lowest BCUT2D eigenvalue weighted by Crippen LogP contribution is -2.06. The van der Waals surface area contributed by atoms with Crippen molar-refractivity contribution in [1.29, 1.82) is 0 Å². The monoisotopic (exact) mass is 245 g/mol. The van der Waals surface area contributed by atoms with Crippen molar-refractivity contribution in [1.82, 2.24) is 20.0 Å². The fraction of sp³-hybridized carbons (Fsp3) is 0.250. The highest BCUT2D eigenvalue weighted by molar-refractivity contribution is 6.01. The maximum Gasteiger partial charge on any atom is 0.248 e. The summed E-state index contributed by atoms with van der Waals surface area (Å²) < 4.78 is 1.79. The first-order chi connectivity index (χ1) is 8.58. The Morgan fingerprint density at radius 2 is 2.28 bits per heavy atom. The predicted molar refractivity (Wildman–Crippen MR) is 68.9 cm³/mol. The highest BCUT2D eigenvalue weighted by Crippen LogP contribution is 2.13. The van der Waals surface area contributed by atoms with Crippen molar-refractivity contribution >= 4 is 17.7 Å². The standard InChI is InChI=1S/C12H15N5O/c1-8-11(9(2)17(3)16-8)4-5-12(18)15-10-6-13-14-7-10/h4-7H,1-3H3,(H,13,14)(H,15,18)/b5-4+. The lowest BCUT2D eigenvalue weighted by Gasteiger charge is -1.97. The van der Waals surface area contributed by atoms with Gasteiger partial charge in [0.05, 0.1) is 17.6 Å². The van der Waals surface area contributed by atoms with Crippen LogP contribution in [0.3, 0.4) is 0 Å². The third-order valence-corrected chi connectivity index (χ3v) is 2.73. The van der Waals surface area contributed by atoms with Gasteiger partial charge in [0.2, 0.25) is 5.91 Å². The van der Waals surface area contributed by atoms with Gasteiger partial charge in [-0.3, -0.25) is 14.6 Å². The van der Waals surface area contributed by atoms with E-state index in [-0.39, 0.29) is 5.91 Å². The van der Waals surface area contributed by atoms with Gasteiger partial charge in [-0.05, 0) is 19.9 Å². The fourth-order valence-electron chi connectivity index (χ4n) is 1.69. The second kappa shape index (κ2) is 4.87. The Morgan fingerprint density at radius 3 is 2.83 bits per heavy atom. The van der Waals surface area contributed by atoms with E-state index >= 15 is 0 Å². The van der Waals surface area contributed by atoms with Crippen LogP contribution in [0, 0.1) is 13.8 Å². The van der Waals surface area contributed by atoms with Crippen LogP contribution >= 0.6 is 0 Å². The van der Waals surface area contributed by atoms with Crippen molar-refractivity contribution in [2.75, 3.05) is 5.32 Å². The number of anilines is 1. The number of rotatable bonds is 3. The topological polar surface area (TPSA) is 75.6 Å². The van der Waals surface area contributed by atoms with Crippen LogP contribution in [0.5, 0.6) is 0 Å². The summed E-state index contributed by atoms with van der Waals surface area (Å²) in [4.78, 5) is 11.6. The Labute approximate surface area is 105 Å². The average Bonchev–Trinajstić information content (AvgIpc) is 2.88. The lowest BCUT2D eigenvalue weighted by molar-refractivity contribution is -0.111.